The van der Waals surface area contributed by atoms with E-state index >= 15 is 0 Å². The maximum absolute atomic E-state index is 5.82. The minimum absolute atomic E-state index is 0.112. The highest BCUT2D eigenvalue weighted by Crippen LogP contribution is 2.19. The Hall–Kier alpha value is -2.51. The van der Waals surface area contributed by atoms with Crippen LogP contribution in [0.25, 0.3) is 11.5 Å². The van der Waals surface area contributed by atoms with Gasteiger partial charge in [0.1, 0.15) is 18.9 Å². The summed E-state index contributed by atoms with van der Waals surface area (Å²) >= 11 is 0. The van der Waals surface area contributed by atoms with Gasteiger partial charge in [-0.25, -0.2) is 9.97 Å². The quantitative estimate of drug-likeness (QED) is 0.713. The van der Waals surface area contributed by atoms with E-state index in [1.165, 1.54) is 0 Å². The number of hydrogen-bond donors (Lipinski definition) is 0. The van der Waals surface area contributed by atoms with Crippen LogP contribution in [0.1, 0.15) is 5.69 Å². The van der Waals surface area contributed by atoms with E-state index in [0.717, 1.165) is 30.9 Å². The van der Waals surface area contributed by atoms with Gasteiger partial charge < -0.3 is 9.15 Å². The molecule has 1 aliphatic heterocycles. The summed E-state index contributed by atoms with van der Waals surface area (Å²) < 4.78 is 13.2. The molecular weight excluding hydrogens is 306 g/mol. The predicted molar refractivity (Wildman–Crippen MR) is 87.0 cm³/mol. The van der Waals surface area contributed by atoms with E-state index in [0.29, 0.717) is 19.0 Å². The standard InChI is InChI=1S/C17H19N5O2/c1-2-4-14(5-3-1)17-20-15(11-24-17)8-21-6-7-23-16(9-21)10-22-13-18-12-19-22/h1-5,11-13,16H,6-10H2. The topological polar surface area (TPSA) is 69.2 Å². The third-order valence-corrected chi connectivity index (χ3v) is 4.04. The van der Waals surface area contributed by atoms with Crippen LogP contribution in [0.3, 0.4) is 0 Å². The van der Waals surface area contributed by atoms with Gasteiger partial charge in [0.2, 0.25) is 5.89 Å². The van der Waals surface area contributed by atoms with Crippen LogP contribution < -0.4 is 0 Å². The Morgan fingerprint density at radius 3 is 2.96 bits per heavy atom. The van der Waals surface area contributed by atoms with Gasteiger partial charge in [-0.15, -0.1) is 0 Å². The average molecular weight is 325 g/mol. The van der Waals surface area contributed by atoms with Crippen molar-refractivity contribution < 1.29 is 9.15 Å². The first kappa shape index (κ1) is 15.0. The van der Waals surface area contributed by atoms with E-state index in [2.05, 4.69) is 20.0 Å². The molecule has 4 rings (SSSR count). The highest BCUT2D eigenvalue weighted by atomic mass is 16.5. The van der Waals surface area contributed by atoms with Crippen molar-refractivity contribution in [3.05, 3.63) is 54.9 Å². The first-order valence-electron chi connectivity index (χ1n) is 8.03. The van der Waals surface area contributed by atoms with E-state index in [1.807, 2.05) is 30.3 Å². The zero-order valence-electron chi connectivity index (χ0n) is 13.3. The predicted octanol–water partition coefficient (Wildman–Crippen LogP) is 1.83. The summed E-state index contributed by atoms with van der Waals surface area (Å²) in [6, 6.07) is 9.94. The zero-order chi connectivity index (χ0) is 16.2. The van der Waals surface area contributed by atoms with E-state index in [4.69, 9.17) is 9.15 Å². The summed E-state index contributed by atoms with van der Waals surface area (Å²) in [6.45, 7) is 3.91. The van der Waals surface area contributed by atoms with Crippen molar-refractivity contribution in [2.45, 2.75) is 19.2 Å². The molecule has 1 aliphatic rings. The van der Waals surface area contributed by atoms with Crippen molar-refractivity contribution in [2.24, 2.45) is 0 Å². The molecule has 3 heterocycles. The average Bonchev–Trinajstić information content (AvgIpc) is 3.28. The van der Waals surface area contributed by atoms with Crippen LogP contribution in [0.2, 0.25) is 0 Å². The lowest BCUT2D eigenvalue weighted by molar-refractivity contribution is -0.0406. The zero-order valence-corrected chi connectivity index (χ0v) is 13.3. The number of morpholine rings is 1. The van der Waals surface area contributed by atoms with E-state index in [1.54, 1.807) is 23.6 Å². The third-order valence-electron chi connectivity index (χ3n) is 4.04. The largest absolute Gasteiger partial charge is 0.444 e. The molecule has 1 atom stereocenters. The lowest BCUT2D eigenvalue weighted by atomic mass is 10.2. The molecule has 1 aromatic carbocycles. The number of rotatable bonds is 5. The molecule has 0 N–H and O–H groups in total. The summed E-state index contributed by atoms with van der Waals surface area (Å²) in [5.74, 6) is 0.665. The summed E-state index contributed by atoms with van der Waals surface area (Å²) in [6.07, 6.45) is 5.11. The first-order chi connectivity index (χ1) is 11.9. The van der Waals surface area contributed by atoms with Crippen LogP contribution in [0.5, 0.6) is 0 Å². The molecule has 0 bridgehead atoms. The SMILES string of the molecule is c1ccc(-c2nc(CN3CCOC(Cn4cncn4)C3)co2)cc1. The van der Waals surface area contributed by atoms with Gasteiger partial charge in [0.25, 0.3) is 0 Å². The Balaban J connectivity index is 1.37. The second-order valence-electron chi connectivity index (χ2n) is 5.86. The molecule has 3 aromatic rings. The summed E-state index contributed by atoms with van der Waals surface area (Å²) in [4.78, 5) is 10.9. The summed E-state index contributed by atoms with van der Waals surface area (Å²) in [7, 11) is 0. The molecule has 0 aliphatic carbocycles. The van der Waals surface area contributed by atoms with Crippen molar-refractivity contribution in [1.82, 2.24) is 24.6 Å². The number of nitrogens with zero attached hydrogens (tertiary/aromatic N) is 5. The maximum Gasteiger partial charge on any atom is 0.226 e. The molecule has 0 amide bonds. The second kappa shape index (κ2) is 6.94. The molecular formula is C17H19N5O2. The van der Waals surface area contributed by atoms with E-state index < -0.39 is 0 Å². The van der Waals surface area contributed by atoms with E-state index in [-0.39, 0.29) is 6.10 Å². The molecule has 0 saturated carbocycles. The Morgan fingerprint density at radius 1 is 1.21 bits per heavy atom. The molecule has 7 nitrogen and oxygen atoms in total. The Morgan fingerprint density at radius 2 is 2.12 bits per heavy atom. The number of ether oxygens (including phenoxy) is 1. The van der Waals surface area contributed by atoms with Crippen molar-refractivity contribution in [3.8, 4) is 11.5 Å². The van der Waals surface area contributed by atoms with Crippen molar-refractivity contribution in [2.75, 3.05) is 19.7 Å². The molecule has 1 unspecified atom stereocenters. The summed E-state index contributed by atoms with van der Waals surface area (Å²) in [5.41, 5.74) is 1.94. The fourth-order valence-corrected chi connectivity index (χ4v) is 2.89. The van der Waals surface area contributed by atoms with Crippen LogP contribution >= 0.6 is 0 Å². The molecule has 124 valence electrons. The van der Waals surface area contributed by atoms with Gasteiger partial charge in [-0.05, 0) is 12.1 Å². The molecule has 0 radical (unpaired) electrons. The first-order valence-corrected chi connectivity index (χ1v) is 8.03. The number of hydrogen-bond acceptors (Lipinski definition) is 6. The molecule has 24 heavy (non-hydrogen) atoms. The van der Waals surface area contributed by atoms with Crippen LogP contribution in [0.4, 0.5) is 0 Å². The van der Waals surface area contributed by atoms with Crippen LogP contribution in [0, 0.1) is 0 Å². The minimum Gasteiger partial charge on any atom is -0.444 e. The maximum atomic E-state index is 5.82. The third kappa shape index (κ3) is 3.52. The highest BCUT2D eigenvalue weighted by molar-refractivity contribution is 5.52. The number of benzene rings is 1. The van der Waals surface area contributed by atoms with Gasteiger partial charge in [-0.2, -0.15) is 5.10 Å². The van der Waals surface area contributed by atoms with Gasteiger partial charge in [-0.1, -0.05) is 18.2 Å². The Labute approximate surface area is 139 Å². The van der Waals surface area contributed by atoms with Crippen LogP contribution in [-0.4, -0.2) is 50.4 Å². The highest BCUT2D eigenvalue weighted by Gasteiger charge is 2.22. The van der Waals surface area contributed by atoms with Gasteiger partial charge in [-0.3, -0.25) is 9.58 Å². The summed E-state index contributed by atoms with van der Waals surface area (Å²) in [5, 5.41) is 4.14. The van der Waals surface area contributed by atoms with Gasteiger partial charge in [0.05, 0.1) is 24.9 Å². The fraction of sp³-hybridized carbons (Fsp3) is 0.353. The lowest BCUT2D eigenvalue weighted by Gasteiger charge is -2.32. The van der Waals surface area contributed by atoms with E-state index in [9.17, 15) is 0 Å². The monoisotopic (exact) mass is 325 g/mol. The molecule has 2 aromatic heterocycles. The van der Waals surface area contributed by atoms with Crippen LogP contribution in [-0.2, 0) is 17.8 Å². The second-order valence-corrected chi connectivity index (χ2v) is 5.86. The molecule has 1 fully saturated rings. The van der Waals surface area contributed by atoms with Gasteiger partial charge >= 0.3 is 0 Å². The van der Waals surface area contributed by atoms with Gasteiger partial charge in [0, 0.05) is 25.2 Å². The van der Waals surface area contributed by atoms with Crippen molar-refractivity contribution >= 4 is 0 Å². The Kier molecular flexibility index (Phi) is 4.35. The number of oxazole rings is 1. The molecule has 0 spiro atoms. The van der Waals surface area contributed by atoms with Crippen molar-refractivity contribution in [1.29, 1.82) is 0 Å². The minimum atomic E-state index is 0.112. The smallest absolute Gasteiger partial charge is 0.226 e. The molecule has 7 heteroatoms. The molecule has 1 saturated heterocycles. The van der Waals surface area contributed by atoms with Gasteiger partial charge in [0.15, 0.2) is 0 Å². The van der Waals surface area contributed by atoms with Crippen molar-refractivity contribution in [3.63, 3.8) is 0 Å². The lowest BCUT2D eigenvalue weighted by Crippen LogP contribution is -2.43. The Bertz CT molecular complexity index is 756. The normalized spacial score (nSPS) is 18.8. The van der Waals surface area contributed by atoms with Crippen LogP contribution in [0.15, 0.2) is 53.7 Å². The number of aromatic nitrogens is 4. The fourth-order valence-electron chi connectivity index (χ4n) is 2.89.